The van der Waals surface area contributed by atoms with Gasteiger partial charge in [0, 0.05) is 12.8 Å². The SMILES string of the molecule is CCONC(=O)C1CC(F)(F)C1. The normalized spacial score (nSPS) is 21.6. The van der Waals surface area contributed by atoms with Gasteiger partial charge in [0.05, 0.1) is 12.5 Å². The molecule has 0 aliphatic heterocycles. The van der Waals surface area contributed by atoms with Crippen LogP contribution in [0.3, 0.4) is 0 Å². The highest BCUT2D eigenvalue weighted by Crippen LogP contribution is 2.42. The summed E-state index contributed by atoms with van der Waals surface area (Å²) in [4.78, 5) is 15.5. The summed E-state index contributed by atoms with van der Waals surface area (Å²) >= 11 is 0. The van der Waals surface area contributed by atoms with Crippen LogP contribution >= 0.6 is 0 Å². The molecule has 1 aliphatic carbocycles. The molecule has 0 saturated heterocycles. The number of carbonyl (C=O) groups is 1. The topological polar surface area (TPSA) is 38.3 Å². The van der Waals surface area contributed by atoms with Gasteiger partial charge in [0.15, 0.2) is 0 Å². The van der Waals surface area contributed by atoms with E-state index >= 15 is 0 Å². The van der Waals surface area contributed by atoms with Crippen molar-refractivity contribution in [2.75, 3.05) is 6.61 Å². The highest BCUT2D eigenvalue weighted by molar-refractivity contribution is 5.78. The molecule has 1 amide bonds. The predicted octanol–water partition coefficient (Wildman–Crippen LogP) is 1.10. The first-order valence-electron chi connectivity index (χ1n) is 3.84. The van der Waals surface area contributed by atoms with Crippen LogP contribution in [0, 0.1) is 5.92 Å². The Hall–Kier alpha value is -0.710. The van der Waals surface area contributed by atoms with Crippen LogP contribution in [0.25, 0.3) is 0 Å². The Balaban J connectivity index is 2.19. The van der Waals surface area contributed by atoms with Crippen molar-refractivity contribution in [3.05, 3.63) is 0 Å². The molecule has 0 heterocycles. The number of hydroxylamine groups is 1. The second-order valence-corrected chi connectivity index (χ2v) is 2.86. The molecule has 1 aliphatic rings. The molecule has 3 nitrogen and oxygen atoms in total. The van der Waals surface area contributed by atoms with E-state index in [1.165, 1.54) is 0 Å². The van der Waals surface area contributed by atoms with Crippen molar-refractivity contribution in [1.82, 2.24) is 5.48 Å². The molecule has 0 aromatic carbocycles. The highest BCUT2D eigenvalue weighted by Gasteiger charge is 2.48. The third-order valence-corrected chi connectivity index (χ3v) is 1.78. The summed E-state index contributed by atoms with van der Waals surface area (Å²) in [7, 11) is 0. The van der Waals surface area contributed by atoms with Crippen LogP contribution in [-0.4, -0.2) is 18.4 Å². The molecule has 1 fully saturated rings. The molecular formula is C7H11F2NO2. The van der Waals surface area contributed by atoms with E-state index in [1.54, 1.807) is 6.92 Å². The second-order valence-electron chi connectivity index (χ2n) is 2.86. The van der Waals surface area contributed by atoms with E-state index in [9.17, 15) is 13.6 Å². The summed E-state index contributed by atoms with van der Waals surface area (Å²) in [6.45, 7) is 2.05. The fourth-order valence-electron chi connectivity index (χ4n) is 1.07. The van der Waals surface area contributed by atoms with Crippen LogP contribution in [0.1, 0.15) is 19.8 Å². The van der Waals surface area contributed by atoms with Gasteiger partial charge in [-0.2, -0.15) is 0 Å². The van der Waals surface area contributed by atoms with E-state index in [0.717, 1.165) is 0 Å². The Bertz CT molecular complexity index is 176. The van der Waals surface area contributed by atoms with Gasteiger partial charge in [0.2, 0.25) is 11.8 Å². The van der Waals surface area contributed by atoms with Gasteiger partial charge in [-0.25, -0.2) is 14.3 Å². The summed E-state index contributed by atoms with van der Waals surface area (Å²) in [6.07, 6.45) is -0.711. The van der Waals surface area contributed by atoms with Gasteiger partial charge < -0.3 is 0 Å². The second kappa shape index (κ2) is 3.35. The number of halogens is 2. The number of hydrogen-bond donors (Lipinski definition) is 1. The third-order valence-electron chi connectivity index (χ3n) is 1.78. The van der Waals surface area contributed by atoms with Gasteiger partial charge in [0.1, 0.15) is 0 Å². The number of amides is 1. The molecule has 0 aromatic rings. The van der Waals surface area contributed by atoms with Crippen LogP contribution in [0.2, 0.25) is 0 Å². The standard InChI is InChI=1S/C7H11F2NO2/c1-2-12-10-6(11)5-3-7(8,9)4-5/h5H,2-4H2,1H3,(H,10,11). The van der Waals surface area contributed by atoms with E-state index in [2.05, 4.69) is 10.3 Å². The van der Waals surface area contributed by atoms with E-state index in [1.807, 2.05) is 0 Å². The molecule has 0 aromatic heterocycles. The molecule has 0 atom stereocenters. The molecule has 1 saturated carbocycles. The van der Waals surface area contributed by atoms with Crippen molar-refractivity contribution >= 4 is 5.91 Å². The Kier molecular flexibility index (Phi) is 2.62. The van der Waals surface area contributed by atoms with Crippen LogP contribution in [-0.2, 0) is 9.63 Å². The Labute approximate surface area is 69.0 Å². The molecule has 0 bridgehead atoms. The lowest BCUT2D eigenvalue weighted by atomic mass is 9.81. The lowest BCUT2D eigenvalue weighted by molar-refractivity contribution is -0.160. The quantitative estimate of drug-likeness (QED) is 0.659. The van der Waals surface area contributed by atoms with Gasteiger partial charge >= 0.3 is 0 Å². The Morgan fingerprint density at radius 3 is 2.67 bits per heavy atom. The van der Waals surface area contributed by atoms with Crippen molar-refractivity contribution < 1.29 is 18.4 Å². The third kappa shape index (κ3) is 2.14. The largest absolute Gasteiger partial charge is 0.274 e. The minimum atomic E-state index is -2.64. The van der Waals surface area contributed by atoms with Gasteiger partial charge in [-0.1, -0.05) is 0 Å². The van der Waals surface area contributed by atoms with Crippen LogP contribution < -0.4 is 5.48 Å². The lowest BCUT2D eigenvalue weighted by Crippen LogP contribution is -2.44. The van der Waals surface area contributed by atoms with E-state index in [4.69, 9.17) is 0 Å². The zero-order valence-electron chi connectivity index (χ0n) is 6.77. The summed E-state index contributed by atoms with van der Waals surface area (Å²) < 4.78 is 24.5. The van der Waals surface area contributed by atoms with Gasteiger partial charge in [-0.05, 0) is 6.92 Å². The summed E-state index contributed by atoms with van der Waals surface area (Å²) in [5.74, 6) is -3.66. The number of hydrogen-bond acceptors (Lipinski definition) is 2. The van der Waals surface area contributed by atoms with Crippen molar-refractivity contribution in [3.63, 3.8) is 0 Å². The summed E-state index contributed by atoms with van der Waals surface area (Å²) in [5, 5.41) is 0. The first kappa shape index (κ1) is 9.38. The maximum absolute atomic E-state index is 12.2. The van der Waals surface area contributed by atoms with Gasteiger partial charge in [-0.15, -0.1) is 0 Å². The highest BCUT2D eigenvalue weighted by atomic mass is 19.3. The number of alkyl halides is 2. The minimum Gasteiger partial charge on any atom is -0.274 e. The fraction of sp³-hybridized carbons (Fsp3) is 0.857. The van der Waals surface area contributed by atoms with Crippen LogP contribution in [0.15, 0.2) is 0 Å². The monoisotopic (exact) mass is 179 g/mol. The maximum atomic E-state index is 12.2. The molecule has 0 unspecified atom stereocenters. The molecule has 0 spiro atoms. The molecule has 5 heteroatoms. The van der Waals surface area contributed by atoms with Crippen molar-refractivity contribution in [1.29, 1.82) is 0 Å². The molecule has 0 radical (unpaired) electrons. The maximum Gasteiger partial charge on any atom is 0.249 e. The minimum absolute atomic E-state index is 0.342. The van der Waals surface area contributed by atoms with Crippen molar-refractivity contribution in [3.8, 4) is 0 Å². The average molecular weight is 179 g/mol. The van der Waals surface area contributed by atoms with Crippen LogP contribution in [0.5, 0.6) is 0 Å². The van der Waals surface area contributed by atoms with E-state index in [-0.39, 0.29) is 12.8 Å². The Morgan fingerprint density at radius 1 is 1.67 bits per heavy atom. The van der Waals surface area contributed by atoms with Crippen molar-refractivity contribution in [2.45, 2.75) is 25.7 Å². The first-order valence-corrected chi connectivity index (χ1v) is 3.84. The van der Waals surface area contributed by atoms with Crippen molar-refractivity contribution in [2.24, 2.45) is 5.92 Å². The average Bonchev–Trinajstić information content (AvgIpc) is 1.95. The summed E-state index contributed by atoms with van der Waals surface area (Å²) in [5.41, 5.74) is 2.10. The molecule has 12 heavy (non-hydrogen) atoms. The zero-order valence-corrected chi connectivity index (χ0v) is 6.77. The lowest BCUT2D eigenvalue weighted by Gasteiger charge is -2.33. The van der Waals surface area contributed by atoms with Gasteiger partial charge in [-0.3, -0.25) is 9.63 Å². The number of rotatable bonds is 3. The molecule has 1 rings (SSSR count). The smallest absolute Gasteiger partial charge is 0.249 e. The zero-order chi connectivity index (χ0) is 9.19. The summed E-state index contributed by atoms with van der Waals surface area (Å²) in [6, 6.07) is 0. The van der Waals surface area contributed by atoms with Crippen LogP contribution in [0.4, 0.5) is 8.78 Å². The molecular weight excluding hydrogens is 168 g/mol. The molecule has 70 valence electrons. The number of carbonyl (C=O) groups excluding carboxylic acids is 1. The van der Waals surface area contributed by atoms with Gasteiger partial charge in [0.25, 0.3) is 0 Å². The molecule has 1 N–H and O–H groups in total. The van der Waals surface area contributed by atoms with E-state index in [0.29, 0.717) is 6.61 Å². The van der Waals surface area contributed by atoms with E-state index < -0.39 is 17.7 Å². The predicted molar refractivity (Wildman–Crippen MR) is 37.4 cm³/mol. The first-order chi connectivity index (χ1) is 5.55. The Morgan fingerprint density at radius 2 is 2.25 bits per heavy atom. The fourth-order valence-corrected chi connectivity index (χ4v) is 1.07. The number of nitrogens with one attached hydrogen (secondary N) is 1.